The van der Waals surface area contributed by atoms with Crippen molar-refractivity contribution in [2.24, 2.45) is 0 Å². The van der Waals surface area contributed by atoms with Crippen LogP contribution in [-0.4, -0.2) is 19.2 Å². The molecule has 0 unspecified atom stereocenters. The first-order valence-electron chi connectivity index (χ1n) is 7.87. The average Bonchev–Trinajstić information content (AvgIpc) is 2.59. The monoisotopic (exact) mass is 323 g/mol. The van der Waals surface area contributed by atoms with Crippen LogP contribution in [0.4, 0.5) is 10.5 Å². The smallest absolute Gasteiger partial charge is 0.319 e. The molecular formula is C19H21N3O2. The lowest BCUT2D eigenvalue weighted by Crippen LogP contribution is -2.32. The van der Waals surface area contributed by atoms with Crippen molar-refractivity contribution in [3.63, 3.8) is 0 Å². The second kappa shape index (κ2) is 8.59. The fraction of sp³-hybridized carbons (Fsp3) is 0.263. The Morgan fingerprint density at radius 1 is 1.17 bits per heavy atom. The highest BCUT2D eigenvalue weighted by Gasteiger charge is 2.08. The van der Waals surface area contributed by atoms with E-state index < -0.39 is 0 Å². The highest BCUT2D eigenvalue weighted by molar-refractivity contribution is 5.90. The minimum absolute atomic E-state index is 0.363. The summed E-state index contributed by atoms with van der Waals surface area (Å²) in [5, 5.41) is 14.4. The molecule has 0 aliphatic rings. The molecule has 0 spiro atoms. The Morgan fingerprint density at radius 3 is 2.62 bits per heavy atom. The predicted octanol–water partition coefficient (Wildman–Crippen LogP) is 3.88. The van der Waals surface area contributed by atoms with Gasteiger partial charge in [0, 0.05) is 0 Å². The Bertz CT molecular complexity index is 735. The van der Waals surface area contributed by atoms with E-state index in [1.807, 2.05) is 30.3 Å². The van der Waals surface area contributed by atoms with Crippen molar-refractivity contribution >= 4 is 11.7 Å². The number of anilines is 1. The van der Waals surface area contributed by atoms with E-state index in [-0.39, 0.29) is 6.03 Å². The first-order valence-corrected chi connectivity index (χ1v) is 7.87. The Balaban J connectivity index is 1.81. The first kappa shape index (κ1) is 17.4. The first-order chi connectivity index (χ1) is 11.6. The van der Waals surface area contributed by atoms with Crippen molar-refractivity contribution in [2.75, 3.05) is 18.5 Å². The molecule has 0 radical (unpaired) electrons. The molecule has 24 heavy (non-hydrogen) atoms. The fourth-order valence-corrected chi connectivity index (χ4v) is 2.27. The van der Waals surface area contributed by atoms with Gasteiger partial charge in [-0.2, -0.15) is 5.26 Å². The van der Waals surface area contributed by atoms with Gasteiger partial charge in [-0.25, -0.2) is 4.79 Å². The summed E-state index contributed by atoms with van der Waals surface area (Å²) in [6.07, 6.45) is 0. The molecule has 0 atom stereocenters. The van der Waals surface area contributed by atoms with Crippen molar-refractivity contribution < 1.29 is 9.53 Å². The van der Waals surface area contributed by atoms with Crippen molar-refractivity contribution in [3.8, 4) is 11.8 Å². The van der Waals surface area contributed by atoms with Gasteiger partial charge in [0.25, 0.3) is 0 Å². The van der Waals surface area contributed by atoms with Crippen molar-refractivity contribution in [1.29, 1.82) is 5.26 Å². The lowest BCUT2D eigenvalue weighted by molar-refractivity contribution is 0.247. The number of hydrogen-bond donors (Lipinski definition) is 2. The van der Waals surface area contributed by atoms with Crippen LogP contribution < -0.4 is 15.4 Å². The molecule has 2 rings (SSSR count). The molecule has 0 fully saturated rings. The summed E-state index contributed by atoms with van der Waals surface area (Å²) >= 11 is 0. The van der Waals surface area contributed by atoms with Gasteiger partial charge < -0.3 is 15.4 Å². The third kappa shape index (κ3) is 4.75. The normalized spacial score (nSPS) is 10.1. The van der Waals surface area contributed by atoms with Crippen LogP contribution in [0.25, 0.3) is 0 Å². The Hall–Kier alpha value is -3.00. The number of ether oxygens (including phenoxy) is 1. The Labute approximate surface area is 142 Å². The molecule has 0 saturated carbocycles. The molecule has 0 bridgehead atoms. The van der Waals surface area contributed by atoms with E-state index in [9.17, 15) is 4.79 Å². The van der Waals surface area contributed by atoms with Gasteiger partial charge >= 0.3 is 6.03 Å². The Morgan fingerprint density at radius 2 is 1.88 bits per heavy atom. The van der Waals surface area contributed by atoms with E-state index >= 15 is 0 Å². The third-order valence-corrected chi connectivity index (χ3v) is 3.48. The van der Waals surface area contributed by atoms with Crippen LogP contribution in [0, 0.1) is 11.3 Å². The number of nitrogens with one attached hydrogen (secondary N) is 2. The third-order valence-electron chi connectivity index (χ3n) is 3.48. The van der Waals surface area contributed by atoms with Crippen molar-refractivity contribution in [2.45, 2.75) is 19.8 Å². The minimum atomic E-state index is -0.363. The molecular weight excluding hydrogens is 302 g/mol. The van der Waals surface area contributed by atoms with Crippen LogP contribution >= 0.6 is 0 Å². The molecule has 0 aliphatic carbocycles. The molecule has 2 amide bonds. The number of amides is 2. The van der Waals surface area contributed by atoms with E-state index in [0.29, 0.717) is 30.3 Å². The van der Waals surface area contributed by atoms with Crippen LogP contribution in [0.3, 0.4) is 0 Å². The fourth-order valence-electron chi connectivity index (χ4n) is 2.27. The molecule has 5 heteroatoms. The maximum absolute atomic E-state index is 11.9. The SMILES string of the molecule is CC(C)c1ccccc1OCCNC(=O)Nc1ccccc1C#N. The van der Waals surface area contributed by atoms with Gasteiger partial charge in [0.15, 0.2) is 0 Å². The number of nitrogens with zero attached hydrogens (tertiary/aromatic N) is 1. The standard InChI is InChI=1S/C19H21N3O2/c1-14(2)16-8-4-6-10-18(16)24-12-11-21-19(23)22-17-9-5-3-7-15(17)13-20/h3-10,14H,11-12H2,1-2H3,(H2,21,22,23). The van der Waals surface area contributed by atoms with Crippen LogP contribution in [-0.2, 0) is 0 Å². The van der Waals surface area contributed by atoms with Gasteiger partial charge in [0.05, 0.1) is 17.8 Å². The summed E-state index contributed by atoms with van der Waals surface area (Å²) in [6.45, 7) is 4.96. The second-order valence-corrected chi connectivity index (χ2v) is 5.58. The number of carbonyl (C=O) groups excluding carboxylic acids is 1. The maximum Gasteiger partial charge on any atom is 0.319 e. The number of benzene rings is 2. The van der Waals surface area contributed by atoms with Gasteiger partial charge in [-0.1, -0.05) is 44.2 Å². The van der Waals surface area contributed by atoms with Gasteiger partial charge in [0.1, 0.15) is 18.4 Å². The van der Waals surface area contributed by atoms with Crippen LogP contribution in [0.2, 0.25) is 0 Å². The zero-order valence-corrected chi connectivity index (χ0v) is 13.9. The largest absolute Gasteiger partial charge is 0.491 e. The summed E-state index contributed by atoms with van der Waals surface area (Å²) in [4.78, 5) is 11.9. The summed E-state index contributed by atoms with van der Waals surface area (Å²) in [5.74, 6) is 1.21. The number of nitriles is 1. The van der Waals surface area contributed by atoms with Crippen LogP contribution in [0.5, 0.6) is 5.75 Å². The number of para-hydroxylation sites is 2. The minimum Gasteiger partial charge on any atom is -0.491 e. The van der Waals surface area contributed by atoms with E-state index in [1.165, 1.54) is 0 Å². The molecule has 2 aromatic rings. The van der Waals surface area contributed by atoms with Gasteiger partial charge in [-0.3, -0.25) is 0 Å². The molecule has 0 aliphatic heterocycles. The van der Waals surface area contributed by atoms with Crippen LogP contribution in [0.1, 0.15) is 30.9 Å². The lowest BCUT2D eigenvalue weighted by atomic mass is 10.0. The molecule has 124 valence electrons. The second-order valence-electron chi connectivity index (χ2n) is 5.58. The topological polar surface area (TPSA) is 74.2 Å². The van der Waals surface area contributed by atoms with E-state index in [4.69, 9.17) is 10.00 Å². The predicted molar refractivity (Wildman–Crippen MR) is 94.2 cm³/mol. The summed E-state index contributed by atoms with van der Waals surface area (Å²) in [5.41, 5.74) is 2.06. The zero-order chi connectivity index (χ0) is 17.4. The number of rotatable bonds is 6. The van der Waals surface area contributed by atoms with Crippen molar-refractivity contribution in [1.82, 2.24) is 5.32 Å². The molecule has 2 aromatic carbocycles. The number of urea groups is 1. The van der Waals surface area contributed by atoms with E-state index in [0.717, 1.165) is 11.3 Å². The zero-order valence-electron chi connectivity index (χ0n) is 13.9. The average molecular weight is 323 g/mol. The lowest BCUT2D eigenvalue weighted by Gasteiger charge is -2.14. The number of hydrogen-bond acceptors (Lipinski definition) is 3. The van der Waals surface area contributed by atoms with E-state index in [1.54, 1.807) is 24.3 Å². The number of carbonyl (C=O) groups is 1. The highest BCUT2D eigenvalue weighted by atomic mass is 16.5. The maximum atomic E-state index is 11.9. The molecule has 5 nitrogen and oxygen atoms in total. The highest BCUT2D eigenvalue weighted by Crippen LogP contribution is 2.25. The van der Waals surface area contributed by atoms with Gasteiger partial charge in [-0.15, -0.1) is 0 Å². The van der Waals surface area contributed by atoms with E-state index in [2.05, 4.69) is 24.5 Å². The molecule has 2 N–H and O–H groups in total. The quantitative estimate of drug-likeness (QED) is 0.792. The van der Waals surface area contributed by atoms with Crippen LogP contribution in [0.15, 0.2) is 48.5 Å². The summed E-state index contributed by atoms with van der Waals surface area (Å²) < 4.78 is 5.75. The van der Waals surface area contributed by atoms with Crippen molar-refractivity contribution in [3.05, 3.63) is 59.7 Å². The summed E-state index contributed by atoms with van der Waals surface area (Å²) in [6, 6.07) is 16.4. The molecule has 0 heterocycles. The van der Waals surface area contributed by atoms with Gasteiger partial charge in [0.2, 0.25) is 0 Å². The molecule has 0 aromatic heterocycles. The Kier molecular flexibility index (Phi) is 6.21. The van der Waals surface area contributed by atoms with Gasteiger partial charge in [-0.05, 0) is 29.7 Å². The molecule has 0 saturated heterocycles. The summed E-state index contributed by atoms with van der Waals surface area (Å²) in [7, 11) is 0.